The van der Waals surface area contributed by atoms with Gasteiger partial charge in [0.05, 0.1) is 16.8 Å². The number of carbonyl (C=O) groups excluding carboxylic acids is 2. The molecular weight excluding hydrogens is 483 g/mol. The van der Waals surface area contributed by atoms with Crippen molar-refractivity contribution in [2.75, 3.05) is 5.32 Å². The van der Waals surface area contributed by atoms with Gasteiger partial charge in [-0.3, -0.25) is 9.59 Å². The molecule has 0 aliphatic heterocycles. The van der Waals surface area contributed by atoms with Gasteiger partial charge in [0.1, 0.15) is 17.4 Å². The van der Waals surface area contributed by atoms with Crippen molar-refractivity contribution in [2.24, 2.45) is 12.8 Å². The van der Waals surface area contributed by atoms with Crippen LogP contribution in [-0.2, 0) is 12.8 Å². The molecule has 1 aromatic carbocycles. The summed E-state index contributed by atoms with van der Waals surface area (Å²) in [6.45, 7) is 1.69. The maximum atomic E-state index is 13.8. The number of aryl methyl sites for hydroxylation is 2. The van der Waals surface area contributed by atoms with E-state index in [1.54, 1.807) is 30.8 Å². The molecule has 0 saturated heterocycles. The van der Waals surface area contributed by atoms with Gasteiger partial charge >= 0.3 is 5.69 Å². The minimum Gasteiger partial charge on any atom is -0.370 e. The molecule has 3 aromatic heterocycles. The lowest BCUT2D eigenvalue weighted by atomic mass is 9.81. The summed E-state index contributed by atoms with van der Waals surface area (Å²) < 4.78 is 17.9. The molecule has 1 saturated carbocycles. The van der Waals surface area contributed by atoms with E-state index in [-0.39, 0.29) is 28.6 Å². The van der Waals surface area contributed by atoms with Crippen molar-refractivity contribution in [3.63, 3.8) is 0 Å². The molecule has 12 nitrogen and oxygen atoms in total. The molecule has 1 fully saturated rings. The van der Waals surface area contributed by atoms with E-state index in [0.717, 1.165) is 17.8 Å². The van der Waals surface area contributed by atoms with Crippen molar-refractivity contribution in [3.8, 4) is 0 Å². The summed E-state index contributed by atoms with van der Waals surface area (Å²) in [5, 5.41) is 22.6. The predicted octanol–water partition coefficient (Wildman–Crippen LogP) is 1.43. The minimum atomic E-state index is -1.32. The largest absolute Gasteiger partial charge is 0.370 e. The summed E-state index contributed by atoms with van der Waals surface area (Å²) in [5.41, 5.74) is 4.65. The minimum absolute atomic E-state index is 0.000936. The number of anilines is 1. The quantitative estimate of drug-likeness (QED) is 0.367. The second-order valence-corrected chi connectivity index (χ2v) is 9.23. The fraction of sp³-hybridized carbons (Fsp3) is 0.333. The molecule has 5 rings (SSSR count). The van der Waals surface area contributed by atoms with Gasteiger partial charge in [-0.2, -0.15) is 10.2 Å². The summed E-state index contributed by atoms with van der Waals surface area (Å²) in [5.74, 6) is -1.85. The van der Waals surface area contributed by atoms with Gasteiger partial charge in [0.25, 0.3) is 11.8 Å². The van der Waals surface area contributed by atoms with E-state index >= 15 is 0 Å². The van der Waals surface area contributed by atoms with Gasteiger partial charge in [-0.15, -0.1) is 0 Å². The number of rotatable bonds is 5. The van der Waals surface area contributed by atoms with Crippen molar-refractivity contribution >= 4 is 23.0 Å². The lowest BCUT2D eigenvalue weighted by molar-refractivity contribution is -0.0780. The molecule has 1 aliphatic rings. The molecule has 4 aromatic rings. The zero-order valence-corrected chi connectivity index (χ0v) is 20.2. The number of aromatic nitrogens is 6. The fourth-order valence-corrected chi connectivity index (χ4v) is 4.96. The van der Waals surface area contributed by atoms with Crippen molar-refractivity contribution in [3.05, 3.63) is 75.7 Å². The fourth-order valence-electron chi connectivity index (χ4n) is 4.96. The highest BCUT2D eigenvalue weighted by Gasteiger charge is 2.39. The van der Waals surface area contributed by atoms with E-state index in [0.29, 0.717) is 37.0 Å². The third-order valence-corrected chi connectivity index (χ3v) is 6.82. The number of hydrogen-bond donors (Lipinski definition) is 3. The van der Waals surface area contributed by atoms with Crippen LogP contribution in [0.25, 0.3) is 5.52 Å². The summed E-state index contributed by atoms with van der Waals surface area (Å²) in [6.07, 6.45) is 4.89. The molecule has 0 bridgehead atoms. The second-order valence-electron chi connectivity index (χ2n) is 9.23. The van der Waals surface area contributed by atoms with Gasteiger partial charge < -0.3 is 16.2 Å². The van der Waals surface area contributed by atoms with Crippen LogP contribution in [0.2, 0.25) is 0 Å². The summed E-state index contributed by atoms with van der Waals surface area (Å²) in [6, 6.07) is 5.31. The molecule has 1 aliphatic carbocycles. The Labute approximate surface area is 209 Å². The summed E-state index contributed by atoms with van der Waals surface area (Å²) in [7, 11) is 1.55. The van der Waals surface area contributed by atoms with Crippen molar-refractivity contribution in [1.82, 2.24) is 28.9 Å². The van der Waals surface area contributed by atoms with Crippen LogP contribution in [0.15, 0.2) is 41.5 Å². The standard InChI is InChI=1S/C24H25FN8O4/c1-13-29-31(2)23(36)33(13)24(37)7-5-14(6-8-24)18-12-19-20(27-9-10-32(19)30-18)22(35)28-15-3-4-17(25)16(11-15)21(26)34/h3-4,9-12,14,37H,5-8H2,1-2H3,(H2,26,34)(H,28,35). The van der Waals surface area contributed by atoms with E-state index in [1.807, 2.05) is 0 Å². The van der Waals surface area contributed by atoms with Crippen LogP contribution in [0, 0.1) is 12.7 Å². The van der Waals surface area contributed by atoms with Gasteiger partial charge in [0.2, 0.25) is 0 Å². The van der Waals surface area contributed by atoms with Crippen molar-refractivity contribution in [1.29, 1.82) is 0 Å². The van der Waals surface area contributed by atoms with E-state index in [9.17, 15) is 23.9 Å². The number of aliphatic hydroxyl groups is 1. The van der Waals surface area contributed by atoms with Crippen molar-refractivity contribution in [2.45, 2.75) is 44.2 Å². The number of halogens is 1. The summed E-state index contributed by atoms with van der Waals surface area (Å²) in [4.78, 5) is 41.1. The molecule has 4 N–H and O–H groups in total. The Morgan fingerprint density at radius 1 is 1.22 bits per heavy atom. The molecule has 192 valence electrons. The maximum Gasteiger partial charge on any atom is 0.348 e. The summed E-state index contributed by atoms with van der Waals surface area (Å²) >= 11 is 0. The van der Waals surface area contributed by atoms with Crippen LogP contribution in [0.3, 0.4) is 0 Å². The van der Waals surface area contributed by atoms with E-state index < -0.39 is 23.4 Å². The molecule has 0 spiro atoms. The topological polar surface area (TPSA) is 162 Å². The van der Waals surface area contributed by atoms with Gasteiger partial charge in [-0.25, -0.2) is 27.9 Å². The molecule has 0 unspecified atom stereocenters. The van der Waals surface area contributed by atoms with E-state index in [1.165, 1.54) is 21.5 Å². The number of amides is 2. The Balaban J connectivity index is 1.37. The molecule has 13 heteroatoms. The van der Waals surface area contributed by atoms with E-state index in [4.69, 9.17) is 5.73 Å². The SMILES string of the molecule is Cc1nn(C)c(=O)n1C1(O)CCC(c2cc3c(C(=O)Nc4ccc(F)c(C(N)=O)c4)nccn3n2)CC1. The third kappa shape index (κ3) is 4.27. The highest BCUT2D eigenvalue weighted by atomic mass is 19.1. The highest BCUT2D eigenvalue weighted by Crippen LogP contribution is 2.40. The van der Waals surface area contributed by atoms with Crippen LogP contribution in [0.4, 0.5) is 10.1 Å². The van der Waals surface area contributed by atoms with Crippen molar-refractivity contribution < 1.29 is 19.1 Å². The number of nitrogens with zero attached hydrogens (tertiary/aromatic N) is 6. The number of primary amides is 1. The smallest absolute Gasteiger partial charge is 0.348 e. The Morgan fingerprint density at radius 2 is 1.95 bits per heavy atom. The van der Waals surface area contributed by atoms with Gasteiger partial charge in [0, 0.05) is 31.0 Å². The zero-order chi connectivity index (χ0) is 26.5. The number of nitrogens with one attached hydrogen (secondary N) is 1. The van der Waals surface area contributed by atoms with Crippen LogP contribution in [0.5, 0.6) is 0 Å². The number of carbonyl (C=O) groups is 2. The monoisotopic (exact) mass is 508 g/mol. The first-order chi connectivity index (χ1) is 17.6. The molecule has 0 radical (unpaired) electrons. The number of nitrogens with two attached hydrogens (primary N) is 1. The van der Waals surface area contributed by atoms with Crippen LogP contribution >= 0.6 is 0 Å². The lowest BCUT2D eigenvalue weighted by Gasteiger charge is -2.36. The average Bonchev–Trinajstić information content (AvgIpc) is 3.40. The Bertz CT molecular complexity index is 1600. The van der Waals surface area contributed by atoms with Crippen LogP contribution in [-0.4, -0.2) is 45.9 Å². The second kappa shape index (κ2) is 8.92. The first-order valence-electron chi connectivity index (χ1n) is 11.7. The first-order valence-corrected chi connectivity index (χ1v) is 11.7. The predicted molar refractivity (Wildman–Crippen MR) is 129 cm³/mol. The molecule has 3 heterocycles. The number of benzene rings is 1. The maximum absolute atomic E-state index is 13.8. The van der Waals surface area contributed by atoms with E-state index in [2.05, 4.69) is 20.5 Å². The third-order valence-electron chi connectivity index (χ3n) is 6.82. The molecule has 37 heavy (non-hydrogen) atoms. The Kier molecular flexibility index (Phi) is 5.86. The van der Waals surface area contributed by atoms with Gasteiger partial charge in [0.15, 0.2) is 5.69 Å². The van der Waals surface area contributed by atoms with Crippen LogP contribution < -0.4 is 16.7 Å². The highest BCUT2D eigenvalue weighted by molar-refractivity contribution is 6.07. The normalized spacial score (nSPS) is 19.7. The van der Waals surface area contributed by atoms with Gasteiger partial charge in [-0.05, 0) is 56.9 Å². The molecular formula is C24H25FN8O4. The average molecular weight is 509 g/mol. The number of fused-ring (bicyclic) bond motifs is 1. The number of hydrogen-bond acceptors (Lipinski definition) is 7. The first kappa shape index (κ1) is 24.3. The Hall–Kier alpha value is -4.39. The molecule has 0 atom stereocenters. The lowest BCUT2D eigenvalue weighted by Crippen LogP contribution is -2.44. The van der Waals surface area contributed by atoms with Crippen LogP contribution in [0.1, 0.15) is 64.0 Å². The molecule has 2 amide bonds. The zero-order valence-electron chi connectivity index (χ0n) is 20.2. The Morgan fingerprint density at radius 3 is 2.59 bits per heavy atom. The van der Waals surface area contributed by atoms with Gasteiger partial charge in [-0.1, -0.05) is 0 Å².